The number of benzene rings is 1. The van der Waals surface area contributed by atoms with Crippen molar-refractivity contribution in [3.05, 3.63) is 53.9 Å². The topological polar surface area (TPSA) is 71.9 Å². The van der Waals surface area contributed by atoms with Crippen LogP contribution in [-0.4, -0.2) is 43.8 Å². The molecule has 0 atom stereocenters. The summed E-state index contributed by atoms with van der Waals surface area (Å²) in [6, 6.07) is 10.9. The fraction of sp³-hybridized carbons (Fsp3) is 0.368. The highest BCUT2D eigenvalue weighted by atomic mass is 32.2. The molecule has 0 N–H and O–H groups in total. The molecule has 0 radical (unpaired) electrons. The minimum Gasteiger partial charge on any atom is -0.493 e. The van der Waals surface area contributed by atoms with Gasteiger partial charge in [0.15, 0.2) is 5.84 Å². The smallest absolute Gasteiger partial charge is 0.285 e. The van der Waals surface area contributed by atoms with Gasteiger partial charge in [-0.3, -0.25) is 4.98 Å². The van der Waals surface area contributed by atoms with Crippen molar-refractivity contribution in [3.63, 3.8) is 0 Å². The Labute approximate surface area is 153 Å². The predicted molar refractivity (Wildman–Crippen MR) is 98.9 cm³/mol. The second kappa shape index (κ2) is 6.72. The van der Waals surface area contributed by atoms with E-state index in [1.165, 1.54) is 0 Å². The van der Waals surface area contributed by atoms with Crippen LogP contribution in [0.5, 0.6) is 5.75 Å². The highest BCUT2D eigenvalue weighted by molar-refractivity contribution is 7.90. The quantitative estimate of drug-likeness (QED) is 0.829. The number of aryl methyl sites for hydroxylation is 1. The summed E-state index contributed by atoms with van der Waals surface area (Å²) in [7, 11) is -3.55. The molecule has 0 saturated carbocycles. The van der Waals surface area contributed by atoms with E-state index in [-0.39, 0.29) is 0 Å². The lowest BCUT2D eigenvalue weighted by atomic mass is 9.97. The maximum Gasteiger partial charge on any atom is 0.285 e. The van der Waals surface area contributed by atoms with Gasteiger partial charge in [-0.05, 0) is 43.9 Å². The van der Waals surface area contributed by atoms with E-state index in [0.717, 1.165) is 42.9 Å². The van der Waals surface area contributed by atoms with Crippen LogP contribution in [0.3, 0.4) is 0 Å². The molecule has 6 nitrogen and oxygen atoms in total. The summed E-state index contributed by atoms with van der Waals surface area (Å²) in [4.78, 5) is 6.56. The Morgan fingerprint density at radius 2 is 1.96 bits per heavy atom. The van der Waals surface area contributed by atoms with Gasteiger partial charge in [-0.25, -0.2) is 0 Å². The lowest BCUT2D eigenvalue weighted by Crippen LogP contribution is -2.39. The third kappa shape index (κ3) is 3.31. The van der Waals surface area contributed by atoms with Crippen molar-refractivity contribution < 1.29 is 13.2 Å². The number of sulfonamides is 1. The van der Waals surface area contributed by atoms with Crippen LogP contribution in [0.25, 0.3) is 0 Å². The number of aromatic nitrogens is 1. The molecule has 0 unspecified atom stereocenters. The van der Waals surface area contributed by atoms with Crippen LogP contribution in [0, 0.1) is 12.8 Å². The number of hydrogen-bond donors (Lipinski definition) is 0. The van der Waals surface area contributed by atoms with Crippen molar-refractivity contribution in [1.29, 1.82) is 0 Å². The largest absolute Gasteiger partial charge is 0.493 e. The van der Waals surface area contributed by atoms with Crippen LogP contribution in [0.15, 0.2) is 51.9 Å². The lowest BCUT2D eigenvalue weighted by Gasteiger charge is -2.33. The van der Waals surface area contributed by atoms with Gasteiger partial charge in [0.1, 0.15) is 10.6 Å². The van der Waals surface area contributed by atoms with Gasteiger partial charge in [0.05, 0.1) is 6.61 Å². The van der Waals surface area contributed by atoms with E-state index in [1.807, 2.05) is 31.2 Å². The minimum absolute atomic E-state index is 0.313. The van der Waals surface area contributed by atoms with Crippen LogP contribution in [0.1, 0.15) is 24.1 Å². The first-order chi connectivity index (χ1) is 12.5. The van der Waals surface area contributed by atoms with Crippen molar-refractivity contribution >= 4 is 15.9 Å². The molecule has 1 saturated heterocycles. The summed E-state index contributed by atoms with van der Waals surface area (Å²) >= 11 is 0. The highest BCUT2D eigenvalue weighted by Crippen LogP contribution is 2.29. The Morgan fingerprint density at radius 1 is 1.19 bits per heavy atom. The summed E-state index contributed by atoms with van der Waals surface area (Å²) in [5.41, 5.74) is 1.66. The molecule has 26 heavy (non-hydrogen) atoms. The van der Waals surface area contributed by atoms with Crippen LogP contribution in [0.2, 0.25) is 0 Å². The van der Waals surface area contributed by atoms with Crippen molar-refractivity contribution in [2.75, 3.05) is 19.7 Å². The lowest BCUT2D eigenvalue weighted by molar-refractivity contribution is 0.181. The van der Waals surface area contributed by atoms with Crippen molar-refractivity contribution in [2.45, 2.75) is 24.7 Å². The van der Waals surface area contributed by atoms with Crippen LogP contribution < -0.4 is 4.74 Å². The first kappa shape index (κ1) is 17.0. The van der Waals surface area contributed by atoms with Crippen LogP contribution >= 0.6 is 0 Å². The molecule has 1 aromatic heterocycles. The normalized spacial score (nSPS) is 19.1. The van der Waals surface area contributed by atoms with Gasteiger partial charge in [-0.15, -0.1) is 4.40 Å². The SMILES string of the molecule is Cc1cc(OCC2CCN(C3=NS(=O)(=O)c4ccccc43)CC2)ccn1. The third-order valence-electron chi connectivity index (χ3n) is 4.88. The molecule has 2 aliphatic heterocycles. The second-order valence-corrected chi connectivity index (χ2v) is 8.33. The van der Waals surface area contributed by atoms with E-state index in [4.69, 9.17) is 4.74 Å². The van der Waals surface area contributed by atoms with Crippen LogP contribution in [0.4, 0.5) is 0 Å². The Hall–Kier alpha value is -2.41. The molecule has 2 aromatic rings. The number of nitrogens with zero attached hydrogens (tertiary/aromatic N) is 3. The second-order valence-electron chi connectivity index (χ2n) is 6.76. The first-order valence-corrected chi connectivity index (χ1v) is 10.2. The summed E-state index contributed by atoms with van der Waals surface area (Å²) in [6.45, 7) is 4.18. The van der Waals surface area contributed by atoms with E-state index < -0.39 is 10.0 Å². The summed E-state index contributed by atoms with van der Waals surface area (Å²) in [5, 5.41) is 0. The van der Waals surface area contributed by atoms with Gasteiger partial charge < -0.3 is 9.64 Å². The van der Waals surface area contributed by atoms with Gasteiger partial charge >= 0.3 is 0 Å². The summed E-state index contributed by atoms with van der Waals surface area (Å²) < 4.78 is 34.3. The van der Waals surface area contributed by atoms with Gasteiger partial charge in [0.25, 0.3) is 10.0 Å². The van der Waals surface area contributed by atoms with Gasteiger partial charge in [0, 0.05) is 36.6 Å². The fourth-order valence-corrected chi connectivity index (χ4v) is 4.68. The Morgan fingerprint density at radius 3 is 2.73 bits per heavy atom. The monoisotopic (exact) mass is 371 g/mol. The standard InChI is InChI=1S/C19H21N3O3S/c1-14-12-16(6-9-20-14)25-13-15-7-10-22(11-8-15)19-17-4-2-3-5-18(17)26(23,24)21-19/h2-6,9,12,15H,7-8,10-11,13H2,1H3. The maximum atomic E-state index is 12.2. The third-order valence-corrected chi connectivity index (χ3v) is 6.21. The van der Waals surface area contributed by atoms with Crippen molar-refractivity contribution in [3.8, 4) is 5.75 Å². The van der Waals surface area contributed by atoms with Crippen LogP contribution in [-0.2, 0) is 10.0 Å². The van der Waals surface area contributed by atoms with Crippen molar-refractivity contribution in [2.24, 2.45) is 10.3 Å². The molecule has 7 heteroatoms. The molecular formula is C19H21N3O3S. The molecule has 0 bridgehead atoms. The molecule has 136 valence electrons. The summed E-state index contributed by atoms with van der Waals surface area (Å²) in [5.74, 6) is 1.89. The van der Waals surface area contributed by atoms with E-state index >= 15 is 0 Å². The predicted octanol–water partition coefficient (Wildman–Crippen LogP) is 2.63. The van der Waals surface area contributed by atoms with Gasteiger partial charge in [-0.1, -0.05) is 12.1 Å². The molecular weight excluding hydrogens is 350 g/mol. The number of pyridine rings is 1. The number of ether oxygens (including phenoxy) is 1. The molecule has 0 amide bonds. The zero-order valence-corrected chi connectivity index (χ0v) is 15.4. The molecule has 2 aliphatic rings. The van der Waals surface area contributed by atoms with Gasteiger partial charge in [-0.2, -0.15) is 8.42 Å². The van der Waals surface area contributed by atoms with E-state index in [2.05, 4.69) is 14.3 Å². The zero-order valence-electron chi connectivity index (χ0n) is 14.6. The average Bonchev–Trinajstić information content (AvgIpc) is 2.92. The Kier molecular flexibility index (Phi) is 4.40. The number of likely N-dealkylation sites (tertiary alicyclic amines) is 1. The average molecular weight is 371 g/mol. The number of fused-ring (bicyclic) bond motifs is 1. The van der Waals surface area contributed by atoms with Gasteiger partial charge in [0.2, 0.25) is 0 Å². The Bertz CT molecular complexity index is 948. The van der Waals surface area contributed by atoms with E-state index in [1.54, 1.807) is 18.3 Å². The zero-order chi connectivity index (χ0) is 18.1. The molecule has 4 rings (SSSR count). The molecule has 1 fully saturated rings. The molecule has 0 aliphatic carbocycles. The number of amidine groups is 1. The number of rotatable bonds is 3. The fourth-order valence-electron chi connectivity index (χ4n) is 3.45. The van der Waals surface area contributed by atoms with E-state index in [9.17, 15) is 8.42 Å². The minimum atomic E-state index is -3.55. The summed E-state index contributed by atoms with van der Waals surface area (Å²) in [6.07, 6.45) is 3.65. The highest BCUT2D eigenvalue weighted by Gasteiger charge is 2.33. The number of hydrogen-bond acceptors (Lipinski definition) is 5. The molecule has 0 spiro atoms. The van der Waals surface area contributed by atoms with Crippen molar-refractivity contribution in [1.82, 2.24) is 9.88 Å². The number of piperidine rings is 1. The molecule has 3 heterocycles. The first-order valence-electron chi connectivity index (χ1n) is 8.78. The Balaban J connectivity index is 1.39. The maximum absolute atomic E-state index is 12.2. The van der Waals surface area contributed by atoms with E-state index in [0.29, 0.717) is 23.3 Å². The molecule has 1 aromatic carbocycles.